The summed E-state index contributed by atoms with van der Waals surface area (Å²) in [6.07, 6.45) is 0. The number of aliphatic hydroxyl groups excluding tert-OH is 1. The van der Waals surface area contributed by atoms with Gasteiger partial charge in [-0.2, -0.15) is 0 Å². The summed E-state index contributed by atoms with van der Waals surface area (Å²) >= 11 is 0. The number of likely N-dealkylation sites (N-methyl/N-ethyl adjacent to an activating group) is 1. The molecule has 6 heteroatoms. The van der Waals surface area contributed by atoms with Crippen LogP contribution in [0.4, 0.5) is 0 Å². The molecule has 164 valence electrons. The van der Waals surface area contributed by atoms with Crippen LogP contribution in [0.15, 0.2) is 48.0 Å². The molecule has 1 aliphatic rings. The molecule has 1 amide bonds. The molecule has 1 saturated heterocycles. The zero-order chi connectivity index (χ0) is 22.7. The number of likely N-dealkylation sites (tertiary alicyclic amines) is 1. The highest BCUT2D eigenvalue weighted by Crippen LogP contribution is 2.40. The Kier molecular flexibility index (Phi) is 6.81. The zero-order valence-electron chi connectivity index (χ0n) is 18.6. The minimum absolute atomic E-state index is 0.0398. The number of carbonyl (C=O) groups is 2. The largest absolute Gasteiger partial charge is 0.508 e. The number of phenolic OH excluding ortho intramolecular Hbond substituents is 1. The fourth-order valence-corrected chi connectivity index (χ4v) is 3.99. The van der Waals surface area contributed by atoms with Crippen molar-refractivity contribution in [1.82, 2.24) is 9.80 Å². The van der Waals surface area contributed by atoms with Crippen LogP contribution in [0.2, 0.25) is 0 Å². The molecule has 0 radical (unpaired) electrons. The molecule has 0 bridgehead atoms. The van der Waals surface area contributed by atoms with E-state index < -0.39 is 17.7 Å². The Bertz CT molecular complexity index is 1020. The number of hydrogen-bond donors (Lipinski definition) is 2. The number of rotatable bonds is 7. The van der Waals surface area contributed by atoms with Gasteiger partial charge in [0.2, 0.25) is 0 Å². The van der Waals surface area contributed by atoms with E-state index in [2.05, 4.69) is 4.90 Å². The second-order valence-corrected chi connectivity index (χ2v) is 7.91. The van der Waals surface area contributed by atoms with Crippen LogP contribution in [0.3, 0.4) is 0 Å². The van der Waals surface area contributed by atoms with Gasteiger partial charge in [0, 0.05) is 18.7 Å². The van der Waals surface area contributed by atoms with Gasteiger partial charge < -0.3 is 20.0 Å². The predicted molar refractivity (Wildman–Crippen MR) is 121 cm³/mol. The molecule has 2 N–H and O–H groups in total. The molecule has 1 atom stereocenters. The Morgan fingerprint density at radius 3 is 2.35 bits per heavy atom. The van der Waals surface area contributed by atoms with E-state index in [1.165, 1.54) is 17.0 Å². The minimum atomic E-state index is -0.760. The van der Waals surface area contributed by atoms with Gasteiger partial charge in [-0.3, -0.25) is 9.59 Å². The van der Waals surface area contributed by atoms with Crippen molar-refractivity contribution in [1.29, 1.82) is 0 Å². The normalized spacial score (nSPS) is 18.2. The summed E-state index contributed by atoms with van der Waals surface area (Å²) in [5.74, 6) is -1.49. The second-order valence-electron chi connectivity index (χ2n) is 7.91. The van der Waals surface area contributed by atoms with E-state index in [-0.39, 0.29) is 17.1 Å². The number of aromatic hydroxyl groups is 1. The molecular weight excluding hydrogens is 392 g/mol. The Balaban J connectivity index is 2.12. The van der Waals surface area contributed by atoms with Crippen molar-refractivity contribution < 1.29 is 19.8 Å². The van der Waals surface area contributed by atoms with Crippen LogP contribution in [0.25, 0.3) is 5.76 Å². The van der Waals surface area contributed by atoms with Crippen LogP contribution < -0.4 is 0 Å². The third-order valence-electron chi connectivity index (χ3n) is 6.06. The lowest BCUT2D eigenvalue weighted by Gasteiger charge is -2.28. The Morgan fingerprint density at radius 1 is 1.03 bits per heavy atom. The number of hydrogen-bond acceptors (Lipinski definition) is 5. The topological polar surface area (TPSA) is 81.1 Å². The minimum Gasteiger partial charge on any atom is -0.508 e. The van der Waals surface area contributed by atoms with Crippen molar-refractivity contribution in [3.63, 3.8) is 0 Å². The van der Waals surface area contributed by atoms with Gasteiger partial charge in [-0.05, 0) is 61.8 Å². The number of aryl methyl sites for hydroxylation is 2. The summed E-state index contributed by atoms with van der Waals surface area (Å²) in [5, 5.41) is 21.1. The van der Waals surface area contributed by atoms with Gasteiger partial charge in [-0.25, -0.2) is 0 Å². The molecule has 1 fully saturated rings. The molecule has 0 spiro atoms. The molecule has 2 aromatic rings. The highest BCUT2D eigenvalue weighted by Gasteiger charge is 2.46. The molecule has 1 unspecified atom stereocenters. The van der Waals surface area contributed by atoms with Gasteiger partial charge in [0.15, 0.2) is 0 Å². The Hall–Kier alpha value is -3.12. The lowest BCUT2D eigenvalue weighted by Crippen LogP contribution is -2.38. The summed E-state index contributed by atoms with van der Waals surface area (Å²) in [5.41, 5.74) is 3.19. The predicted octanol–water partition coefficient (Wildman–Crippen LogP) is 3.77. The first-order valence-corrected chi connectivity index (χ1v) is 10.7. The molecule has 2 aromatic carbocycles. The van der Waals surface area contributed by atoms with E-state index in [4.69, 9.17) is 0 Å². The first kappa shape index (κ1) is 22.6. The summed E-state index contributed by atoms with van der Waals surface area (Å²) in [4.78, 5) is 29.7. The average Bonchev–Trinajstić information content (AvgIpc) is 3.01. The number of aliphatic hydroxyl groups is 1. The van der Waals surface area contributed by atoms with Crippen molar-refractivity contribution in [3.8, 4) is 5.75 Å². The first-order chi connectivity index (χ1) is 14.8. The molecule has 0 aliphatic carbocycles. The molecule has 1 aliphatic heterocycles. The summed E-state index contributed by atoms with van der Waals surface area (Å²) in [6, 6.07) is 11.2. The number of amides is 1. The molecular formula is C25H30N2O4. The van der Waals surface area contributed by atoms with Crippen molar-refractivity contribution in [2.45, 2.75) is 33.7 Å². The lowest BCUT2D eigenvalue weighted by atomic mass is 9.94. The monoisotopic (exact) mass is 422 g/mol. The van der Waals surface area contributed by atoms with E-state index in [1.54, 1.807) is 18.2 Å². The van der Waals surface area contributed by atoms with Crippen molar-refractivity contribution in [2.75, 3.05) is 26.2 Å². The van der Waals surface area contributed by atoms with E-state index in [1.807, 2.05) is 39.8 Å². The maximum atomic E-state index is 13.0. The molecule has 31 heavy (non-hydrogen) atoms. The van der Waals surface area contributed by atoms with Crippen LogP contribution in [0, 0.1) is 13.8 Å². The number of ketones is 1. The summed E-state index contributed by atoms with van der Waals surface area (Å²) in [6.45, 7) is 10.6. The number of Topliss-reactive ketones (excluding diaryl/α,β-unsaturated/α-hetero) is 1. The fourth-order valence-electron chi connectivity index (χ4n) is 3.99. The van der Waals surface area contributed by atoms with Crippen LogP contribution in [0.5, 0.6) is 5.75 Å². The summed E-state index contributed by atoms with van der Waals surface area (Å²) < 4.78 is 0. The molecule has 0 saturated carbocycles. The molecule has 0 aromatic heterocycles. The van der Waals surface area contributed by atoms with Gasteiger partial charge in [0.1, 0.15) is 11.5 Å². The van der Waals surface area contributed by atoms with Gasteiger partial charge in [0.25, 0.3) is 11.7 Å². The number of carbonyl (C=O) groups excluding carboxylic acids is 2. The van der Waals surface area contributed by atoms with Gasteiger partial charge >= 0.3 is 0 Å². The third-order valence-corrected chi connectivity index (χ3v) is 6.06. The van der Waals surface area contributed by atoms with Crippen LogP contribution in [-0.2, 0) is 9.59 Å². The second kappa shape index (κ2) is 9.35. The third kappa shape index (κ3) is 4.49. The molecule has 6 nitrogen and oxygen atoms in total. The SMILES string of the molecule is CCN(CC)CCN1C(=O)C(=O)/C(=C(\O)c2ccc(C)c(C)c2)C1c1cccc(O)c1. The number of benzene rings is 2. The van der Waals surface area contributed by atoms with Crippen molar-refractivity contribution in [3.05, 3.63) is 70.3 Å². The lowest BCUT2D eigenvalue weighted by molar-refractivity contribution is -0.140. The molecule has 3 rings (SSSR count). The highest BCUT2D eigenvalue weighted by molar-refractivity contribution is 6.46. The van der Waals surface area contributed by atoms with E-state index >= 15 is 0 Å². The highest BCUT2D eigenvalue weighted by atomic mass is 16.3. The standard InChI is InChI=1S/C25H30N2O4/c1-5-26(6-2)12-13-27-22(18-8-7-9-20(28)15-18)21(24(30)25(27)31)23(29)19-11-10-16(3)17(4)14-19/h7-11,14-15,22,28-29H,5-6,12-13H2,1-4H3/b23-21-. The maximum absolute atomic E-state index is 13.0. The Labute approximate surface area is 183 Å². The number of phenols is 1. The van der Waals surface area contributed by atoms with E-state index in [9.17, 15) is 19.8 Å². The van der Waals surface area contributed by atoms with Crippen LogP contribution >= 0.6 is 0 Å². The smallest absolute Gasteiger partial charge is 0.295 e. The quantitative estimate of drug-likeness (QED) is 0.403. The van der Waals surface area contributed by atoms with E-state index in [0.717, 1.165) is 24.2 Å². The van der Waals surface area contributed by atoms with Gasteiger partial charge in [-0.15, -0.1) is 0 Å². The van der Waals surface area contributed by atoms with E-state index in [0.29, 0.717) is 24.2 Å². The summed E-state index contributed by atoms with van der Waals surface area (Å²) in [7, 11) is 0. The first-order valence-electron chi connectivity index (χ1n) is 10.7. The maximum Gasteiger partial charge on any atom is 0.295 e. The van der Waals surface area contributed by atoms with Crippen molar-refractivity contribution in [2.24, 2.45) is 0 Å². The van der Waals surface area contributed by atoms with Gasteiger partial charge in [-0.1, -0.05) is 38.1 Å². The fraction of sp³-hybridized carbons (Fsp3) is 0.360. The molecule has 1 heterocycles. The Morgan fingerprint density at radius 2 is 1.74 bits per heavy atom. The van der Waals surface area contributed by atoms with Gasteiger partial charge in [0.05, 0.1) is 11.6 Å². The van der Waals surface area contributed by atoms with Crippen molar-refractivity contribution >= 4 is 17.4 Å². The zero-order valence-corrected chi connectivity index (χ0v) is 18.6. The van der Waals surface area contributed by atoms with Crippen LogP contribution in [0.1, 0.15) is 42.1 Å². The van der Waals surface area contributed by atoms with Crippen LogP contribution in [-0.4, -0.2) is 57.9 Å². The average molecular weight is 423 g/mol. The number of nitrogens with zero attached hydrogens (tertiary/aromatic N) is 2.